The van der Waals surface area contributed by atoms with Crippen molar-refractivity contribution >= 4 is 10.0 Å². The van der Waals surface area contributed by atoms with Crippen molar-refractivity contribution in [3.63, 3.8) is 0 Å². The molecule has 0 spiro atoms. The van der Waals surface area contributed by atoms with E-state index in [4.69, 9.17) is 5.11 Å². The first-order valence-corrected chi connectivity index (χ1v) is 5.78. The molecular formula is C9H13NO3S. The van der Waals surface area contributed by atoms with Crippen LogP contribution in [0.4, 0.5) is 0 Å². The Labute approximate surface area is 83.6 Å². The lowest BCUT2D eigenvalue weighted by Gasteiger charge is -2.04. The Kier molecular flexibility index (Phi) is 3.62. The molecule has 0 heterocycles. The molecule has 1 aromatic carbocycles. The summed E-state index contributed by atoms with van der Waals surface area (Å²) in [5, 5.41) is 8.77. The quantitative estimate of drug-likeness (QED) is 0.767. The lowest BCUT2D eigenvalue weighted by Crippen LogP contribution is -2.23. The summed E-state index contributed by atoms with van der Waals surface area (Å²) in [4.78, 5) is 0.219. The van der Waals surface area contributed by atoms with Crippen molar-refractivity contribution in [2.24, 2.45) is 0 Å². The second kappa shape index (κ2) is 4.54. The Morgan fingerprint density at radius 3 is 2.29 bits per heavy atom. The molecule has 1 rings (SSSR count). The van der Waals surface area contributed by atoms with Crippen molar-refractivity contribution in [1.82, 2.24) is 4.72 Å². The van der Waals surface area contributed by atoms with Gasteiger partial charge in [0.1, 0.15) is 0 Å². The van der Waals surface area contributed by atoms with Gasteiger partial charge in [-0.05, 0) is 17.7 Å². The molecule has 0 radical (unpaired) electrons. The van der Waals surface area contributed by atoms with Gasteiger partial charge in [0.05, 0.1) is 11.5 Å². The zero-order valence-electron chi connectivity index (χ0n) is 7.90. The van der Waals surface area contributed by atoms with Gasteiger partial charge >= 0.3 is 0 Å². The summed E-state index contributed by atoms with van der Waals surface area (Å²) in [5.74, 6) is 0. The number of rotatable bonds is 4. The predicted molar refractivity (Wildman–Crippen MR) is 53.2 cm³/mol. The lowest BCUT2D eigenvalue weighted by atomic mass is 10.2. The first kappa shape index (κ1) is 11.2. The molecule has 0 bridgehead atoms. The number of nitrogens with one attached hydrogen (secondary N) is 1. The van der Waals surface area contributed by atoms with Crippen LogP contribution in [0.25, 0.3) is 0 Å². The van der Waals surface area contributed by atoms with Gasteiger partial charge in [0.2, 0.25) is 10.0 Å². The number of hydrogen-bond acceptors (Lipinski definition) is 3. The van der Waals surface area contributed by atoms with Gasteiger partial charge in [0, 0.05) is 6.54 Å². The Bertz CT molecular complexity index is 383. The monoisotopic (exact) mass is 215 g/mol. The zero-order chi connectivity index (χ0) is 10.6. The summed E-state index contributed by atoms with van der Waals surface area (Å²) in [7, 11) is -3.37. The molecular weight excluding hydrogens is 202 g/mol. The highest BCUT2D eigenvalue weighted by Gasteiger charge is 2.11. The van der Waals surface area contributed by atoms with Crippen LogP contribution in [0.1, 0.15) is 12.5 Å². The van der Waals surface area contributed by atoms with Gasteiger partial charge in [-0.3, -0.25) is 0 Å². The largest absolute Gasteiger partial charge is 0.392 e. The Hall–Kier alpha value is -0.910. The van der Waals surface area contributed by atoms with Crippen LogP contribution in [0.5, 0.6) is 0 Å². The highest BCUT2D eigenvalue weighted by Crippen LogP contribution is 2.09. The third-order valence-electron chi connectivity index (χ3n) is 1.75. The summed E-state index contributed by atoms with van der Waals surface area (Å²) >= 11 is 0. The van der Waals surface area contributed by atoms with E-state index in [1.165, 1.54) is 12.1 Å². The number of hydrogen-bond donors (Lipinski definition) is 2. The van der Waals surface area contributed by atoms with Gasteiger partial charge in [0.15, 0.2) is 0 Å². The van der Waals surface area contributed by atoms with E-state index >= 15 is 0 Å². The van der Waals surface area contributed by atoms with Crippen LogP contribution >= 0.6 is 0 Å². The van der Waals surface area contributed by atoms with Crippen molar-refractivity contribution in [3.05, 3.63) is 29.8 Å². The predicted octanol–water partition coefficient (Wildman–Crippen LogP) is 0.477. The normalized spacial score (nSPS) is 11.6. The average Bonchev–Trinajstić information content (AvgIpc) is 2.18. The van der Waals surface area contributed by atoms with Crippen LogP contribution in [-0.2, 0) is 16.6 Å². The molecule has 0 aromatic heterocycles. The van der Waals surface area contributed by atoms with Crippen LogP contribution in [0.15, 0.2) is 29.2 Å². The van der Waals surface area contributed by atoms with E-state index < -0.39 is 10.0 Å². The third kappa shape index (κ3) is 2.54. The first-order chi connectivity index (χ1) is 6.60. The minimum atomic E-state index is -3.37. The molecule has 0 atom stereocenters. The van der Waals surface area contributed by atoms with E-state index in [0.29, 0.717) is 12.1 Å². The zero-order valence-corrected chi connectivity index (χ0v) is 8.71. The highest BCUT2D eigenvalue weighted by molar-refractivity contribution is 7.89. The summed E-state index contributed by atoms with van der Waals surface area (Å²) in [6.45, 7) is 2.01. The van der Waals surface area contributed by atoms with Gasteiger partial charge in [-0.15, -0.1) is 0 Å². The van der Waals surface area contributed by atoms with E-state index in [-0.39, 0.29) is 11.5 Å². The molecule has 0 aliphatic carbocycles. The molecule has 0 aliphatic heterocycles. The molecule has 5 heteroatoms. The molecule has 78 valence electrons. The van der Waals surface area contributed by atoms with E-state index in [1.807, 2.05) is 0 Å². The molecule has 14 heavy (non-hydrogen) atoms. The maximum absolute atomic E-state index is 11.5. The molecule has 0 aliphatic rings. The van der Waals surface area contributed by atoms with Crippen LogP contribution in [0.3, 0.4) is 0 Å². The molecule has 1 aromatic rings. The minimum Gasteiger partial charge on any atom is -0.392 e. The number of benzene rings is 1. The van der Waals surface area contributed by atoms with Crippen LogP contribution in [0.2, 0.25) is 0 Å². The Balaban J connectivity index is 2.97. The second-order valence-corrected chi connectivity index (χ2v) is 4.57. The summed E-state index contributed by atoms with van der Waals surface area (Å²) in [6, 6.07) is 6.13. The average molecular weight is 215 g/mol. The molecule has 0 saturated carbocycles. The van der Waals surface area contributed by atoms with Crippen molar-refractivity contribution in [2.45, 2.75) is 18.4 Å². The summed E-state index contributed by atoms with van der Waals surface area (Å²) in [6.07, 6.45) is 0. The minimum absolute atomic E-state index is 0.0818. The van der Waals surface area contributed by atoms with Crippen LogP contribution in [-0.4, -0.2) is 20.1 Å². The molecule has 0 amide bonds. The van der Waals surface area contributed by atoms with Crippen LogP contribution in [0, 0.1) is 0 Å². The fourth-order valence-corrected chi connectivity index (χ4v) is 2.09. The smallest absolute Gasteiger partial charge is 0.240 e. The summed E-state index contributed by atoms with van der Waals surface area (Å²) in [5.41, 5.74) is 0.695. The van der Waals surface area contributed by atoms with E-state index in [2.05, 4.69) is 4.72 Å². The fraction of sp³-hybridized carbons (Fsp3) is 0.333. The van der Waals surface area contributed by atoms with E-state index in [1.54, 1.807) is 19.1 Å². The van der Waals surface area contributed by atoms with E-state index in [0.717, 1.165) is 0 Å². The van der Waals surface area contributed by atoms with Gasteiger partial charge in [-0.2, -0.15) is 0 Å². The second-order valence-electron chi connectivity index (χ2n) is 2.80. The standard InChI is InChI=1S/C9H13NO3S/c1-2-10-14(12,13)9-5-3-8(7-11)4-6-9/h3-6,10-11H,2,7H2,1H3. The lowest BCUT2D eigenvalue weighted by molar-refractivity contribution is 0.282. The fourth-order valence-electron chi connectivity index (χ4n) is 1.05. The number of sulfonamides is 1. The van der Waals surface area contributed by atoms with Crippen molar-refractivity contribution in [2.75, 3.05) is 6.54 Å². The molecule has 4 nitrogen and oxygen atoms in total. The van der Waals surface area contributed by atoms with Crippen molar-refractivity contribution in [3.8, 4) is 0 Å². The number of aliphatic hydroxyl groups excluding tert-OH is 1. The van der Waals surface area contributed by atoms with Gasteiger partial charge in [0.25, 0.3) is 0 Å². The van der Waals surface area contributed by atoms with Crippen LogP contribution < -0.4 is 4.72 Å². The SMILES string of the molecule is CCNS(=O)(=O)c1ccc(CO)cc1. The first-order valence-electron chi connectivity index (χ1n) is 4.29. The van der Waals surface area contributed by atoms with Gasteiger partial charge in [-0.25, -0.2) is 13.1 Å². The van der Waals surface area contributed by atoms with Gasteiger partial charge in [-0.1, -0.05) is 19.1 Å². The molecule has 0 saturated heterocycles. The molecule has 0 fully saturated rings. The maximum atomic E-state index is 11.5. The summed E-state index contributed by atoms with van der Waals surface area (Å²) < 4.78 is 25.3. The Morgan fingerprint density at radius 1 is 1.29 bits per heavy atom. The number of aliphatic hydroxyl groups is 1. The topological polar surface area (TPSA) is 66.4 Å². The van der Waals surface area contributed by atoms with Gasteiger partial charge < -0.3 is 5.11 Å². The molecule has 2 N–H and O–H groups in total. The maximum Gasteiger partial charge on any atom is 0.240 e. The van der Waals surface area contributed by atoms with E-state index in [9.17, 15) is 8.42 Å². The van der Waals surface area contributed by atoms with Crippen molar-refractivity contribution < 1.29 is 13.5 Å². The van der Waals surface area contributed by atoms with Crippen molar-refractivity contribution in [1.29, 1.82) is 0 Å². The Morgan fingerprint density at radius 2 is 1.86 bits per heavy atom. The molecule has 0 unspecified atom stereocenters. The highest BCUT2D eigenvalue weighted by atomic mass is 32.2. The third-order valence-corrected chi connectivity index (χ3v) is 3.31.